The Morgan fingerprint density at radius 1 is 0.857 bits per heavy atom. The zero-order chi connectivity index (χ0) is 15.8. The molecule has 1 N–H and O–H groups in total. The van der Waals surface area contributed by atoms with Crippen LogP contribution >= 0.6 is 0 Å². The van der Waals surface area contributed by atoms with Crippen LogP contribution < -0.4 is 0 Å². The van der Waals surface area contributed by atoms with Crippen LogP contribution in [0.25, 0.3) is 0 Å². The highest BCUT2D eigenvalue weighted by Gasteiger charge is 1.99. The largest absolute Gasteiger partial charge is 0.469 e. The molecule has 0 fully saturated rings. The second-order valence-electron chi connectivity index (χ2n) is 4.16. The van der Waals surface area contributed by atoms with Crippen LogP contribution in [0.15, 0.2) is 0 Å². The molecule has 0 atom stereocenters. The lowest BCUT2D eigenvalue weighted by Crippen LogP contribution is -2.20. The van der Waals surface area contributed by atoms with Crippen LogP contribution in [0.2, 0.25) is 0 Å². The van der Waals surface area contributed by atoms with Crippen molar-refractivity contribution in [2.45, 2.75) is 6.42 Å². The lowest BCUT2D eigenvalue weighted by atomic mass is 10.5. The van der Waals surface area contributed by atoms with E-state index in [4.69, 9.17) is 24.2 Å². The minimum atomic E-state index is -0.280. The van der Waals surface area contributed by atoms with E-state index in [1.165, 1.54) is 7.11 Å². The van der Waals surface area contributed by atoms with Crippen LogP contribution in [0.1, 0.15) is 6.42 Å². The van der Waals surface area contributed by atoms with Crippen LogP contribution in [-0.4, -0.2) is 89.8 Å². The fraction of sp³-hybridized carbons (Fsp3) is 0.923. The van der Waals surface area contributed by atoms with Gasteiger partial charge in [0.25, 0.3) is 0 Å². The molecule has 0 radical (unpaired) electrons. The van der Waals surface area contributed by atoms with E-state index >= 15 is 0 Å². The van der Waals surface area contributed by atoms with Crippen molar-refractivity contribution < 1.29 is 33.7 Å². The molecule has 0 aromatic carbocycles. The van der Waals surface area contributed by atoms with E-state index < -0.39 is 0 Å². The molecule has 0 amide bonds. The number of carbonyl (C=O) groups is 1. The maximum Gasteiger partial charge on any atom is 0.307 e. The van der Waals surface area contributed by atoms with Gasteiger partial charge in [0, 0.05) is 13.6 Å². The predicted octanol–water partition coefficient (Wildman–Crippen LogP) is -0.0631. The average molecular weight is 309 g/mol. The van der Waals surface area contributed by atoms with Gasteiger partial charge in [0.15, 0.2) is 0 Å². The van der Waals surface area contributed by atoms with Gasteiger partial charge in [-0.1, -0.05) is 0 Å². The Labute approximate surface area is 125 Å². The molecule has 0 unspecified atom stereocenters. The molecule has 8 nitrogen and oxygen atoms in total. The summed E-state index contributed by atoms with van der Waals surface area (Å²) in [5, 5.41) is 9.91. The quantitative estimate of drug-likeness (QED) is 0.256. The number of nitrogens with zero attached hydrogens (tertiary/aromatic N) is 1. The lowest BCUT2D eigenvalue weighted by Gasteiger charge is -2.09. The molecular weight excluding hydrogens is 282 g/mol. The molecule has 0 bridgehead atoms. The Morgan fingerprint density at radius 2 is 1.29 bits per heavy atom. The van der Waals surface area contributed by atoms with E-state index in [0.29, 0.717) is 59.4 Å². The molecule has 8 heteroatoms. The zero-order valence-electron chi connectivity index (χ0n) is 12.9. The van der Waals surface area contributed by atoms with E-state index in [1.807, 2.05) is 0 Å². The standard InChI is InChI=1S/C13H27NO7/c1-14(16)4-6-19-8-10-21-12-11-20-9-7-18-5-3-13(15)17-2/h16H,3-12H2,1-2H3. The first kappa shape index (κ1) is 20.2. The maximum atomic E-state index is 10.8. The summed E-state index contributed by atoms with van der Waals surface area (Å²) in [4.78, 5) is 10.8. The molecule has 0 heterocycles. The van der Waals surface area contributed by atoms with E-state index in [-0.39, 0.29) is 12.4 Å². The maximum absolute atomic E-state index is 10.8. The van der Waals surface area contributed by atoms with Crippen LogP contribution in [-0.2, 0) is 28.5 Å². The highest BCUT2D eigenvalue weighted by molar-refractivity contribution is 5.69. The summed E-state index contributed by atoms with van der Waals surface area (Å²) in [5.74, 6) is -0.280. The van der Waals surface area contributed by atoms with Crippen LogP contribution in [0.3, 0.4) is 0 Å². The molecule has 126 valence electrons. The van der Waals surface area contributed by atoms with Gasteiger partial charge in [-0.3, -0.25) is 4.79 Å². The van der Waals surface area contributed by atoms with E-state index in [0.717, 1.165) is 5.06 Å². The number of rotatable bonds is 15. The van der Waals surface area contributed by atoms with Crippen LogP contribution in [0.5, 0.6) is 0 Å². The minimum absolute atomic E-state index is 0.256. The molecule has 0 rings (SSSR count). The van der Waals surface area contributed by atoms with E-state index in [1.54, 1.807) is 7.05 Å². The summed E-state index contributed by atoms with van der Waals surface area (Å²) in [6.07, 6.45) is 0.256. The Balaban J connectivity index is 3.01. The first-order valence-electron chi connectivity index (χ1n) is 6.94. The second-order valence-corrected chi connectivity index (χ2v) is 4.16. The molecule has 0 aromatic rings. The number of carbonyl (C=O) groups excluding carboxylic acids is 1. The topological polar surface area (TPSA) is 86.7 Å². The minimum Gasteiger partial charge on any atom is -0.469 e. The summed E-state index contributed by atoms with van der Waals surface area (Å²) < 4.78 is 25.4. The van der Waals surface area contributed by atoms with Gasteiger partial charge in [0.1, 0.15) is 0 Å². The van der Waals surface area contributed by atoms with Crippen molar-refractivity contribution in [2.24, 2.45) is 0 Å². The van der Waals surface area contributed by atoms with Gasteiger partial charge < -0.3 is 28.9 Å². The van der Waals surface area contributed by atoms with Gasteiger partial charge >= 0.3 is 5.97 Å². The SMILES string of the molecule is COC(=O)CCOCCOCCOCCOCCN(C)O. The smallest absolute Gasteiger partial charge is 0.307 e. The highest BCUT2D eigenvalue weighted by Crippen LogP contribution is 1.87. The third kappa shape index (κ3) is 17.2. The van der Waals surface area contributed by atoms with Gasteiger partial charge in [0.2, 0.25) is 0 Å². The van der Waals surface area contributed by atoms with Gasteiger partial charge in [-0.25, -0.2) is 0 Å². The first-order chi connectivity index (χ1) is 10.2. The van der Waals surface area contributed by atoms with Gasteiger partial charge in [-0.2, -0.15) is 5.06 Å². The van der Waals surface area contributed by atoms with Crippen molar-refractivity contribution in [3.05, 3.63) is 0 Å². The van der Waals surface area contributed by atoms with Crippen molar-refractivity contribution >= 4 is 5.97 Å². The third-order valence-electron chi connectivity index (χ3n) is 2.35. The van der Waals surface area contributed by atoms with Gasteiger partial charge in [-0.15, -0.1) is 0 Å². The van der Waals surface area contributed by atoms with Gasteiger partial charge in [-0.05, 0) is 0 Å². The Hall–Kier alpha value is -0.770. The molecule has 0 spiro atoms. The normalized spacial score (nSPS) is 11.0. The number of hydrogen-bond acceptors (Lipinski definition) is 8. The molecule has 0 aliphatic heterocycles. The van der Waals surface area contributed by atoms with Crippen molar-refractivity contribution in [3.63, 3.8) is 0 Å². The second kappa shape index (κ2) is 15.6. The fourth-order valence-electron chi connectivity index (χ4n) is 1.22. The van der Waals surface area contributed by atoms with Crippen molar-refractivity contribution in [1.82, 2.24) is 5.06 Å². The molecule has 0 saturated heterocycles. The summed E-state index contributed by atoms with van der Waals surface area (Å²) >= 11 is 0. The number of esters is 1. The highest BCUT2D eigenvalue weighted by atomic mass is 16.6. The molecule has 0 aromatic heterocycles. The number of ether oxygens (including phenoxy) is 5. The Bertz CT molecular complexity index is 239. The third-order valence-corrected chi connectivity index (χ3v) is 2.35. The number of hydrogen-bond donors (Lipinski definition) is 1. The average Bonchev–Trinajstić information content (AvgIpc) is 2.46. The molecular formula is C13H27NO7. The summed E-state index contributed by atoms with van der Waals surface area (Å²) in [6.45, 7) is 4.14. The summed E-state index contributed by atoms with van der Waals surface area (Å²) in [6, 6.07) is 0. The van der Waals surface area contributed by atoms with Crippen molar-refractivity contribution in [3.8, 4) is 0 Å². The number of likely N-dealkylation sites (N-methyl/N-ethyl adjacent to an activating group) is 1. The Kier molecular flexibility index (Phi) is 15.0. The summed E-state index contributed by atoms with van der Waals surface area (Å²) in [7, 11) is 2.91. The van der Waals surface area contributed by atoms with Crippen LogP contribution in [0.4, 0.5) is 0 Å². The molecule has 0 aliphatic carbocycles. The molecule has 0 saturated carbocycles. The lowest BCUT2D eigenvalue weighted by molar-refractivity contribution is -0.141. The van der Waals surface area contributed by atoms with E-state index in [2.05, 4.69) is 4.74 Å². The van der Waals surface area contributed by atoms with Crippen LogP contribution in [0, 0.1) is 0 Å². The van der Waals surface area contributed by atoms with Crippen molar-refractivity contribution in [2.75, 3.05) is 73.6 Å². The zero-order valence-corrected chi connectivity index (χ0v) is 12.9. The molecule has 21 heavy (non-hydrogen) atoms. The van der Waals surface area contributed by atoms with E-state index in [9.17, 15) is 4.79 Å². The monoisotopic (exact) mass is 309 g/mol. The summed E-state index contributed by atoms with van der Waals surface area (Å²) in [5.41, 5.74) is 0. The van der Waals surface area contributed by atoms with Crippen molar-refractivity contribution in [1.29, 1.82) is 0 Å². The fourth-order valence-corrected chi connectivity index (χ4v) is 1.22. The first-order valence-corrected chi connectivity index (χ1v) is 6.94. The number of methoxy groups -OCH3 is 1. The number of hydroxylamine groups is 2. The Morgan fingerprint density at radius 3 is 1.71 bits per heavy atom. The van der Waals surface area contributed by atoms with Gasteiger partial charge in [0.05, 0.1) is 66.4 Å². The molecule has 0 aliphatic rings. The predicted molar refractivity (Wildman–Crippen MR) is 74.3 cm³/mol.